The van der Waals surface area contributed by atoms with E-state index in [9.17, 15) is 0 Å². The van der Waals surface area contributed by atoms with E-state index in [1.165, 1.54) is 26.3 Å². The molecule has 6 rings (SSSR count). The first-order chi connectivity index (χ1) is 15.0. The largest absolute Gasteiger partial charge is 0.458 e. The summed E-state index contributed by atoms with van der Waals surface area (Å²) >= 11 is 0. The Morgan fingerprint density at radius 3 is 1.39 bits per heavy atom. The van der Waals surface area contributed by atoms with Gasteiger partial charge < -0.3 is 9.47 Å². The molecule has 0 fully saturated rings. The molecule has 0 atom stereocenters. The highest BCUT2D eigenvalue weighted by molar-refractivity contribution is 7.21. The van der Waals surface area contributed by atoms with Gasteiger partial charge >= 0.3 is 0 Å². The van der Waals surface area contributed by atoms with Crippen LogP contribution in [0.15, 0.2) is 91.0 Å². The van der Waals surface area contributed by atoms with E-state index in [-0.39, 0.29) is 5.41 Å². The summed E-state index contributed by atoms with van der Waals surface area (Å²) in [5.74, 6) is 3.83. The molecule has 1 spiro atoms. The first-order valence-corrected chi connectivity index (χ1v) is 12.8. The zero-order chi connectivity index (χ0) is 21.2. The van der Waals surface area contributed by atoms with Crippen molar-refractivity contribution in [3.05, 3.63) is 96.6 Å². The molecular formula is C28H24O2Si. The van der Waals surface area contributed by atoms with Crippen molar-refractivity contribution >= 4 is 28.8 Å². The van der Waals surface area contributed by atoms with Gasteiger partial charge in [0.1, 0.15) is 23.0 Å². The summed E-state index contributed by atoms with van der Waals surface area (Å²) in [5, 5.41) is 5.17. The van der Waals surface area contributed by atoms with Crippen LogP contribution in [0.5, 0.6) is 23.0 Å². The Bertz CT molecular complexity index is 1230. The van der Waals surface area contributed by atoms with Gasteiger partial charge in [-0.1, -0.05) is 87.5 Å². The number of hydrogen-bond acceptors (Lipinski definition) is 2. The minimum atomic E-state index is -2.61. The first kappa shape index (κ1) is 18.5. The summed E-state index contributed by atoms with van der Waals surface area (Å²) < 4.78 is 12.9. The highest BCUT2D eigenvalue weighted by Crippen LogP contribution is 2.37. The van der Waals surface area contributed by atoms with Crippen molar-refractivity contribution in [3.63, 3.8) is 0 Å². The molecule has 4 aromatic carbocycles. The second-order valence-corrected chi connectivity index (χ2v) is 13.1. The molecule has 0 aliphatic carbocycles. The second-order valence-electron chi connectivity index (χ2n) is 9.40. The minimum Gasteiger partial charge on any atom is -0.458 e. The Labute approximate surface area is 184 Å². The van der Waals surface area contributed by atoms with Crippen LogP contribution in [0.3, 0.4) is 0 Å². The number of benzene rings is 4. The Morgan fingerprint density at radius 2 is 0.935 bits per heavy atom. The number of para-hydroxylation sites is 3. The molecule has 4 aromatic rings. The Morgan fingerprint density at radius 1 is 0.516 bits per heavy atom. The lowest BCUT2D eigenvalue weighted by atomic mass is 9.87. The van der Waals surface area contributed by atoms with E-state index in [1.54, 1.807) is 0 Å². The van der Waals surface area contributed by atoms with Gasteiger partial charge in [-0.05, 0) is 56.0 Å². The molecule has 152 valence electrons. The van der Waals surface area contributed by atoms with E-state index >= 15 is 0 Å². The lowest BCUT2D eigenvalue weighted by Gasteiger charge is -2.43. The molecular weight excluding hydrogens is 396 g/mol. The number of ether oxygens (including phenoxy) is 2. The topological polar surface area (TPSA) is 18.5 Å². The molecule has 0 aromatic heterocycles. The molecule has 2 heterocycles. The average Bonchev–Trinajstić information content (AvgIpc) is 2.78. The van der Waals surface area contributed by atoms with Crippen LogP contribution in [0.25, 0.3) is 0 Å². The maximum Gasteiger partial charge on any atom is 0.196 e. The third-order valence-electron chi connectivity index (χ3n) is 6.56. The number of hydrogen-bond donors (Lipinski definition) is 0. The zero-order valence-electron chi connectivity index (χ0n) is 18.0. The van der Waals surface area contributed by atoms with E-state index in [4.69, 9.17) is 9.47 Å². The average molecular weight is 421 g/mol. The summed E-state index contributed by atoms with van der Waals surface area (Å²) in [5.41, 5.74) is 1.37. The van der Waals surface area contributed by atoms with Gasteiger partial charge in [0.15, 0.2) is 8.07 Å². The van der Waals surface area contributed by atoms with Gasteiger partial charge in [0.05, 0.1) is 0 Å². The Hall–Kier alpha value is -3.30. The third-order valence-corrected chi connectivity index (χ3v) is 11.4. The fourth-order valence-electron chi connectivity index (χ4n) is 5.08. The molecule has 0 amide bonds. The quantitative estimate of drug-likeness (QED) is 0.335. The van der Waals surface area contributed by atoms with Gasteiger partial charge in [-0.2, -0.15) is 0 Å². The highest BCUT2D eigenvalue weighted by Gasteiger charge is 2.53. The normalized spacial score (nSPS) is 15.1. The van der Waals surface area contributed by atoms with Crippen LogP contribution in [0.1, 0.15) is 26.3 Å². The van der Waals surface area contributed by atoms with Crippen LogP contribution in [0.2, 0.25) is 0 Å². The van der Waals surface area contributed by atoms with E-state index in [2.05, 4.69) is 112 Å². The van der Waals surface area contributed by atoms with Crippen molar-refractivity contribution in [1.29, 1.82) is 0 Å². The molecule has 0 saturated heterocycles. The highest BCUT2D eigenvalue weighted by atomic mass is 28.3. The molecule has 0 bridgehead atoms. The molecule has 0 saturated carbocycles. The van der Waals surface area contributed by atoms with Gasteiger partial charge in [0.25, 0.3) is 0 Å². The van der Waals surface area contributed by atoms with Crippen molar-refractivity contribution in [2.75, 3.05) is 0 Å². The van der Waals surface area contributed by atoms with Crippen molar-refractivity contribution in [3.8, 4) is 23.0 Å². The van der Waals surface area contributed by atoms with Crippen LogP contribution < -0.4 is 30.2 Å². The van der Waals surface area contributed by atoms with Gasteiger partial charge in [-0.3, -0.25) is 0 Å². The number of fused-ring (bicyclic) bond motifs is 8. The van der Waals surface area contributed by atoms with Crippen LogP contribution >= 0.6 is 0 Å². The molecule has 3 heteroatoms. The lowest BCUT2D eigenvalue weighted by molar-refractivity contribution is 0.481. The van der Waals surface area contributed by atoms with E-state index in [0.29, 0.717) is 0 Å². The maximum absolute atomic E-state index is 6.50. The Balaban J connectivity index is 1.81. The summed E-state index contributed by atoms with van der Waals surface area (Å²) in [6, 6.07) is 32.5. The molecule has 0 unspecified atom stereocenters. The first-order valence-electron chi connectivity index (χ1n) is 10.8. The molecule has 2 nitrogen and oxygen atoms in total. The van der Waals surface area contributed by atoms with E-state index in [1.807, 2.05) is 0 Å². The van der Waals surface area contributed by atoms with Gasteiger partial charge in [-0.25, -0.2) is 0 Å². The smallest absolute Gasteiger partial charge is 0.196 e. The summed E-state index contributed by atoms with van der Waals surface area (Å²) in [7, 11) is -2.61. The summed E-state index contributed by atoms with van der Waals surface area (Å²) in [6.07, 6.45) is 0. The van der Waals surface area contributed by atoms with Crippen LogP contribution in [0, 0.1) is 0 Å². The summed E-state index contributed by atoms with van der Waals surface area (Å²) in [4.78, 5) is 0. The van der Waals surface area contributed by atoms with Crippen molar-refractivity contribution in [2.45, 2.75) is 26.2 Å². The van der Waals surface area contributed by atoms with Gasteiger partial charge in [0, 0.05) is 0 Å². The SMILES string of the molecule is CC(C)(C)c1ccc2c(c1)[Si]1(c3ccccc3Oc3ccccc31)c1ccccc1O2. The van der Waals surface area contributed by atoms with E-state index in [0.717, 1.165) is 23.0 Å². The summed E-state index contributed by atoms with van der Waals surface area (Å²) in [6.45, 7) is 6.81. The van der Waals surface area contributed by atoms with Crippen molar-refractivity contribution in [1.82, 2.24) is 0 Å². The maximum atomic E-state index is 6.50. The minimum absolute atomic E-state index is 0.0474. The standard InChI is InChI=1S/C28H24O2Si/c1-28(2,3)19-16-17-23-27(18-19)31(26-15-9-6-12-22(26)30-23)24-13-7-4-10-20(24)29-21-11-5-8-14-25(21)31/h4-18H,1-3H3. The van der Waals surface area contributed by atoms with Crippen LogP contribution in [-0.2, 0) is 5.41 Å². The molecule has 31 heavy (non-hydrogen) atoms. The fraction of sp³-hybridized carbons (Fsp3) is 0.143. The predicted octanol–water partition coefficient (Wildman–Crippen LogP) is 4.57. The van der Waals surface area contributed by atoms with Gasteiger partial charge in [-0.15, -0.1) is 0 Å². The fourth-order valence-corrected chi connectivity index (χ4v) is 10.2. The van der Waals surface area contributed by atoms with Crippen molar-refractivity contribution < 1.29 is 9.47 Å². The van der Waals surface area contributed by atoms with Crippen molar-refractivity contribution in [2.24, 2.45) is 0 Å². The lowest BCUT2D eigenvalue weighted by Crippen LogP contribution is -2.77. The molecule has 2 aliphatic rings. The predicted molar refractivity (Wildman–Crippen MR) is 129 cm³/mol. The zero-order valence-corrected chi connectivity index (χ0v) is 19.0. The molecule has 2 aliphatic heterocycles. The molecule has 0 radical (unpaired) electrons. The Kier molecular flexibility index (Phi) is 3.78. The third kappa shape index (κ3) is 2.50. The monoisotopic (exact) mass is 420 g/mol. The van der Waals surface area contributed by atoms with E-state index < -0.39 is 8.07 Å². The van der Waals surface area contributed by atoms with Gasteiger partial charge in [0.2, 0.25) is 0 Å². The van der Waals surface area contributed by atoms with Crippen LogP contribution in [0.4, 0.5) is 0 Å². The second kappa shape index (κ2) is 6.35. The number of rotatable bonds is 0. The van der Waals surface area contributed by atoms with Crippen LogP contribution in [-0.4, -0.2) is 8.07 Å². The molecule has 0 N–H and O–H groups in total.